The van der Waals surface area contributed by atoms with Gasteiger partial charge >= 0.3 is 5.97 Å². The summed E-state index contributed by atoms with van der Waals surface area (Å²) in [5, 5.41) is 18.3. The Labute approximate surface area is 71.2 Å². The van der Waals surface area contributed by atoms with E-state index in [-0.39, 0.29) is 6.10 Å². The second-order valence-electron chi connectivity index (χ2n) is 3.43. The van der Waals surface area contributed by atoms with Crippen LogP contribution >= 0.6 is 0 Å². The Morgan fingerprint density at radius 2 is 2.17 bits per heavy atom. The zero-order valence-corrected chi connectivity index (χ0v) is 7.28. The lowest BCUT2D eigenvalue weighted by atomic mass is 9.70. The van der Waals surface area contributed by atoms with Gasteiger partial charge in [-0.3, -0.25) is 4.79 Å². The average molecular weight is 174 g/mol. The van der Waals surface area contributed by atoms with E-state index in [9.17, 15) is 9.90 Å². The number of aliphatic carboxylic acids is 1. The van der Waals surface area contributed by atoms with E-state index in [4.69, 9.17) is 9.84 Å². The maximum absolute atomic E-state index is 10.5. The molecule has 1 aliphatic rings. The normalized spacial score (nSPS) is 37.1. The topological polar surface area (TPSA) is 66.8 Å². The molecule has 4 nitrogen and oxygen atoms in total. The van der Waals surface area contributed by atoms with Gasteiger partial charge in [-0.15, -0.1) is 0 Å². The minimum atomic E-state index is -1.05. The number of methoxy groups -OCH3 is 1. The standard InChI is InChI=1S/C8H14O4/c1-5(7(9)10)8(11)3-6(4-8)12-2/h5-6,11H,3-4H2,1-2H3,(H,9,10). The summed E-state index contributed by atoms with van der Waals surface area (Å²) in [5.41, 5.74) is -1.05. The lowest BCUT2D eigenvalue weighted by molar-refractivity contribution is -0.178. The van der Waals surface area contributed by atoms with Crippen molar-refractivity contribution < 1.29 is 19.7 Å². The predicted octanol–water partition coefficient (Wildman–Crippen LogP) is 0.247. The van der Waals surface area contributed by atoms with Crippen LogP contribution in [0.3, 0.4) is 0 Å². The molecule has 1 rings (SSSR count). The first-order valence-corrected chi connectivity index (χ1v) is 3.97. The number of aliphatic hydroxyl groups is 1. The van der Waals surface area contributed by atoms with E-state index < -0.39 is 17.5 Å². The Bertz CT molecular complexity index is 183. The Morgan fingerprint density at radius 1 is 1.67 bits per heavy atom. The summed E-state index contributed by atoms with van der Waals surface area (Å²) in [6, 6.07) is 0. The fourth-order valence-corrected chi connectivity index (χ4v) is 1.48. The summed E-state index contributed by atoms with van der Waals surface area (Å²) < 4.78 is 4.96. The molecule has 1 unspecified atom stereocenters. The molecule has 1 fully saturated rings. The molecular weight excluding hydrogens is 160 g/mol. The first kappa shape index (κ1) is 9.48. The van der Waals surface area contributed by atoms with Gasteiger partial charge in [-0.05, 0) is 6.92 Å². The molecule has 0 aromatic heterocycles. The molecule has 0 aromatic carbocycles. The highest BCUT2D eigenvalue weighted by Crippen LogP contribution is 2.39. The smallest absolute Gasteiger partial charge is 0.309 e. The maximum atomic E-state index is 10.5. The van der Waals surface area contributed by atoms with Gasteiger partial charge in [0.25, 0.3) is 0 Å². The van der Waals surface area contributed by atoms with Gasteiger partial charge in [-0.1, -0.05) is 0 Å². The molecule has 0 aliphatic heterocycles. The van der Waals surface area contributed by atoms with Crippen LogP contribution in [0.1, 0.15) is 19.8 Å². The van der Waals surface area contributed by atoms with Gasteiger partial charge in [-0.25, -0.2) is 0 Å². The van der Waals surface area contributed by atoms with Gasteiger partial charge in [0.1, 0.15) is 0 Å². The van der Waals surface area contributed by atoms with Crippen molar-refractivity contribution in [1.29, 1.82) is 0 Å². The summed E-state index contributed by atoms with van der Waals surface area (Å²) in [6.45, 7) is 1.52. The Hall–Kier alpha value is -0.610. The van der Waals surface area contributed by atoms with Crippen molar-refractivity contribution in [2.24, 2.45) is 5.92 Å². The molecule has 0 aromatic rings. The molecule has 0 bridgehead atoms. The average Bonchev–Trinajstić information content (AvgIpc) is 1.96. The predicted molar refractivity (Wildman–Crippen MR) is 41.8 cm³/mol. The molecule has 0 heterocycles. The highest BCUT2D eigenvalue weighted by molar-refractivity contribution is 5.71. The van der Waals surface area contributed by atoms with E-state index in [1.165, 1.54) is 6.92 Å². The van der Waals surface area contributed by atoms with Crippen molar-refractivity contribution in [3.63, 3.8) is 0 Å². The largest absolute Gasteiger partial charge is 0.481 e. The van der Waals surface area contributed by atoms with Gasteiger partial charge in [0.05, 0.1) is 17.6 Å². The van der Waals surface area contributed by atoms with Crippen molar-refractivity contribution >= 4 is 5.97 Å². The summed E-state index contributed by atoms with van der Waals surface area (Å²) in [4.78, 5) is 10.5. The van der Waals surface area contributed by atoms with E-state index in [1.807, 2.05) is 0 Å². The minimum Gasteiger partial charge on any atom is -0.481 e. The van der Waals surface area contributed by atoms with Crippen LogP contribution in [0.4, 0.5) is 0 Å². The molecule has 0 amide bonds. The first-order chi connectivity index (χ1) is 5.49. The van der Waals surface area contributed by atoms with Crippen LogP contribution < -0.4 is 0 Å². The molecule has 1 aliphatic carbocycles. The van der Waals surface area contributed by atoms with E-state index in [1.54, 1.807) is 7.11 Å². The molecule has 0 saturated heterocycles. The van der Waals surface area contributed by atoms with E-state index >= 15 is 0 Å². The fourth-order valence-electron chi connectivity index (χ4n) is 1.48. The number of hydrogen-bond donors (Lipinski definition) is 2. The lowest BCUT2D eigenvalue weighted by Gasteiger charge is -2.45. The van der Waals surface area contributed by atoms with Crippen molar-refractivity contribution in [2.45, 2.75) is 31.5 Å². The van der Waals surface area contributed by atoms with Gasteiger partial charge in [0.2, 0.25) is 0 Å². The molecule has 0 radical (unpaired) electrons. The van der Waals surface area contributed by atoms with Crippen LogP contribution in [0, 0.1) is 5.92 Å². The molecule has 70 valence electrons. The van der Waals surface area contributed by atoms with E-state index in [2.05, 4.69) is 0 Å². The lowest BCUT2D eigenvalue weighted by Crippen LogP contribution is -2.54. The Kier molecular flexibility index (Phi) is 2.39. The van der Waals surface area contributed by atoms with Gasteiger partial charge in [0, 0.05) is 20.0 Å². The van der Waals surface area contributed by atoms with Gasteiger partial charge in [-0.2, -0.15) is 0 Å². The van der Waals surface area contributed by atoms with Crippen LogP contribution in [0.25, 0.3) is 0 Å². The van der Waals surface area contributed by atoms with Crippen molar-refractivity contribution in [1.82, 2.24) is 0 Å². The summed E-state index contributed by atoms with van der Waals surface area (Å²) >= 11 is 0. The minimum absolute atomic E-state index is 0.0248. The molecule has 12 heavy (non-hydrogen) atoms. The monoisotopic (exact) mass is 174 g/mol. The van der Waals surface area contributed by atoms with Crippen molar-refractivity contribution in [3.8, 4) is 0 Å². The highest BCUT2D eigenvalue weighted by Gasteiger charge is 2.49. The van der Waals surface area contributed by atoms with Crippen LogP contribution in [0.15, 0.2) is 0 Å². The van der Waals surface area contributed by atoms with Crippen molar-refractivity contribution in [2.75, 3.05) is 7.11 Å². The first-order valence-electron chi connectivity index (χ1n) is 3.97. The number of carboxylic acid groups (broad SMARTS) is 1. The number of rotatable bonds is 3. The zero-order chi connectivity index (χ0) is 9.35. The molecule has 0 spiro atoms. The third-order valence-corrected chi connectivity index (χ3v) is 2.67. The number of hydrogen-bond acceptors (Lipinski definition) is 3. The highest BCUT2D eigenvalue weighted by atomic mass is 16.5. The van der Waals surface area contributed by atoms with Crippen LogP contribution in [0.2, 0.25) is 0 Å². The third kappa shape index (κ3) is 1.44. The molecule has 2 N–H and O–H groups in total. The summed E-state index contributed by atoms with van der Waals surface area (Å²) in [5.74, 6) is -1.66. The van der Waals surface area contributed by atoms with E-state index in [0.29, 0.717) is 12.8 Å². The molecule has 1 saturated carbocycles. The summed E-state index contributed by atoms with van der Waals surface area (Å²) in [7, 11) is 1.57. The second-order valence-corrected chi connectivity index (χ2v) is 3.43. The molecule has 4 heteroatoms. The third-order valence-electron chi connectivity index (χ3n) is 2.67. The summed E-state index contributed by atoms with van der Waals surface area (Å²) in [6.07, 6.45) is 0.880. The van der Waals surface area contributed by atoms with Gasteiger partial charge < -0.3 is 14.9 Å². The molecular formula is C8H14O4. The van der Waals surface area contributed by atoms with Crippen LogP contribution in [-0.4, -0.2) is 35.0 Å². The SMILES string of the molecule is COC1CC(O)(C(C)C(=O)O)C1. The quantitative estimate of drug-likeness (QED) is 0.643. The Morgan fingerprint density at radius 3 is 2.50 bits per heavy atom. The van der Waals surface area contributed by atoms with E-state index in [0.717, 1.165) is 0 Å². The molecule has 1 atom stereocenters. The zero-order valence-electron chi connectivity index (χ0n) is 7.28. The maximum Gasteiger partial charge on any atom is 0.309 e. The van der Waals surface area contributed by atoms with Gasteiger partial charge in [0.15, 0.2) is 0 Å². The Balaban J connectivity index is 2.48. The second kappa shape index (κ2) is 3.03. The number of ether oxygens (including phenoxy) is 1. The van der Waals surface area contributed by atoms with Crippen LogP contribution in [-0.2, 0) is 9.53 Å². The number of carboxylic acids is 1. The van der Waals surface area contributed by atoms with Crippen molar-refractivity contribution in [3.05, 3.63) is 0 Å². The fraction of sp³-hybridized carbons (Fsp3) is 0.875. The number of carbonyl (C=O) groups is 1. The van der Waals surface area contributed by atoms with Crippen LogP contribution in [0.5, 0.6) is 0 Å².